The first kappa shape index (κ1) is 22.3. The molecule has 0 bridgehead atoms. The van der Waals surface area contributed by atoms with E-state index >= 15 is 0 Å². The molecule has 168 valence electrons. The maximum atomic E-state index is 12.8. The molecule has 2 aromatic rings. The molecular formula is C23H31N3O3S2. The predicted molar refractivity (Wildman–Crippen MR) is 126 cm³/mol. The van der Waals surface area contributed by atoms with Gasteiger partial charge in [-0.05, 0) is 62.1 Å². The molecule has 6 nitrogen and oxygen atoms in total. The van der Waals surface area contributed by atoms with E-state index in [1.165, 1.54) is 42.7 Å². The summed E-state index contributed by atoms with van der Waals surface area (Å²) >= 11 is 1.20. The lowest BCUT2D eigenvalue weighted by Gasteiger charge is -2.25. The second-order valence-corrected chi connectivity index (χ2v) is 11.7. The number of amides is 1. The molecule has 0 unspecified atom stereocenters. The molecule has 1 amide bonds. The van der Waals surface area contributed by atoms with Crippen LogP contribution in [0.15, 0.2) is 40.6 Å². The van der Waals surface area contributed by atoms with Gasteiger partial charge in [-0.2, -0.15) is 4.31 Å². The lowest BCUT2D eigenvalue weighted by atomic mass is 10.2. The number of nitrogens with one attached hydrogen (secondary N) is 1. The summed E-state index contributed by atoms with van der Waals surface area (Å²) in [6, 6.07) is 11.4. The number of hydrogen-bond acceptors (Lipinski definition) is 5. The van der Waals surface area contributed by atoms with E-state index in [1.54, 1.807) is 16.4 Å². The highest BCUT2D eigenvalue weighted by Gasteiger charge is 2.27. The van der Waals surface area contributed by atoms with E-state index in [9.17, 15) is 13.2 Å². The van der Waals surface area contributed by atoms with E-state index in [-0.39, 0.29) is 12.3 Å². The minimum atomic E-state index is -3.44. The largest absolute Gasteiger partial charge is 0.372 e. The summed E-state index contributed by atoms with van der Waals surface area (Å²) in [6.07, 6.45) is 8.15. The molecule has 31 heavy (non-hydrogen) atoms. The van der Waals surface area contributed by atoms with Gasteiger partial charge in [0.2, 0.25) is 5.91 Å². The topological polar surface area (TPSA) is 69.7 Å². The van der Waals surface area contributed by atoms with Crippen molar-refractivity contribution in [2.45, 2.75) is 55.6 Å². The fourth-order valence-electron chi connectivity index (χ4n) is 4.27. The summed E-state index contributed by atoms with van der Waals surface area (Å²) in [7, 11) is -3.44. The van der Waals surface area contributed by atoms with Crippen molar-refractivity contribution < 1.29 is 13.2 Å². The van der Waals surface area contributed by atoms with E-state index in [1.807, 2.05) is 12.1 Å². The maximum absolute atomic E-state index is 12.8. The Hall–Kier alpha value is -1.90. The van der Waals surface area contributed by atoms with E-state index in [0.717, 1.165) is 42.9 Å². The van der Waals surface area contributed by atoms with Crippen LogP contribution < -0.4 is 10.2 Å². The number of benzene rings is 1. The third-order valence-corrected chi connectivity index (χ3v) is 9.45. The highest BCUT2D eigenvalue weighted by atomic mass is 32.2. The van der Waals surface area contributed by atoms with E-state index in [4.69, 9.17) is 0 Å². The van der Waals surface area contributed by atoms with Gasteiger partial charge in [0.05, 0.1) is 6.42 Å². The average Bonchev–Trinajstić information content (AvgIpc) is 3.08. The SMILES string of the molecule is O=C(Cc1ccc(S(=O)(=O)N2CCCCC2)s1)Nc1ccc(N2CCCCCC2)cc1. The van der Waals surface area contributed by atoms with Crippen LogP contribution in [0.5, 0.6) is 0 Å². The fraction of sp³-hybridized carbons (Fsp3) is 0.522. The van der Waals surface area contributed by atoms with Gasteiger partial charge in [0.15, 0.2) is 0 Å². The van der Waals surface area contributed by atoms with Gasteiger partial charge >= 0.3 is 0 Å². The van der Waals surface area contributed by atoms with Gasteiger partial charge < -0.3 is 10.2 Å². The Bertz CT molecular complexity index is 972. The van der Waals surface area contributed by atoms with Crippen LogP contribution in [0.2, 0.25) is 0 Å². The first-order chi connectivity index (χ1) is 15.0. The Morgan fingerprint density at radius 1 is 0.839 bits per heavy atom. The summed E-state index contributed by atoms with van der Waals surface area (Å²) in [6.45, 7) is 3.35. The van der Waals surface area contributed by atoms with E-state index < -0.39 is 10.0 Å². The minimum Gasteiger partial charge on any atom is -0.372 e. The van der Waals surface area contributed by atoms with Crippen molar-refractivity contribution in [1.82, 2.24) is 4.31 Å². The maximum Gasteiger partial charge on any atom is 0.252 e. The molecule has 0 aliphatic carbocycles. The van der Waals surface area contributed by atoms with Crippen molar-refractivity contribution in [1.29, 1.82) is 0 Å². The molecule has 1 N–H and O–H groups in total. The van der Waals surface area contributed by atoms with Gasteiger partial charge in [0, 0.05) is 42.4 Å². The normalized spacial score (nSPS) is 18.5. The molecule has 4 rings (SSSR count). The first-order valence-corrected chi connectivity index (χ1v) is 13.5. The summed E-state index contributed by atoms with van der Waals surface area (Å²) in [4.78, 5) is 15.7. The Balaban J connectivity index is 1.34. The number of rotatable bonds is 6. The number of piperidine rings is 1. The fourth-order valence-corrected chi connectivity index (χ4v) is 7.30. The number of anilines is 2. The molecule has 3 heterocycles. The lowest BCUT2D eigenvalue weighted by molar-refractivity contribution is -0.115. The lowest BCUT2D eigenvalue weighted by Crippen LogP contribution is -2.35. The Kier molecular flexibility index (Phi) is 7.30. The van der Waals surface area contributed by atoms with Crippen LogP contribution in [0.3, 0.4) is 0 Å². The average molecular weight is 462 g/mol. The number of thiophene rings is 1. The Morgan fingerprint density at radius 2 is 1.45 bits per heavy atom. The third kappa shape index (κ3) is 5.67. The highest BCUT2D eigenvalue weighted by molar-refractivity contribution is 7.91. The second-order valence-electron chi connectivity index (χ2n) is 8.36. The molecular weight excluding hydrogens is 430 g/mol. The zero-order chi connectivity index (χ0) is 21.7. The van der Waals surface area contributed by atoms with Crippen LogP contribution in [0, 0.1) is 0 Å². The summed E-state index contributed by atoms with van der Waals surface area (Å²) in [5.41, 5.74) is 1.96. The van der Waals surface area contributed by atoms with Crippen LogP contribution in [0.25, 0.3) is 0 Å². The predicted octanol–water partition coefficient (Wildman–Crippen LogP) is 4.48. The Morgan fingerprint density at radius 3 is 2.13 bits per heavy atom. The van der Waals surface area contributed by atoms with E-state index in [2.05, 4.69) is 22.3 Å². The van der Waals surface area contributed by atoms with Crippen molar-refractivity contribution in [3.8, 4) is 0 Å². The molecule has 8 heteroatoms. The molecule has 2 saturated heterocycles. The van der Waals surface area contributed by atoms with Gasteiger partial charge in [-0.3, -0.25) is 4.79 Å². The van der Waals surface area contributed by atoms with Crippen LogP contribution in [0.1, 0.15) is 49.8 Å². The Labute approximate surface area is 189 Å². The van der Waals surface area contributed by atoms with Crippen molar-refractivity contribution >= 4 is 38.6 Å². The van der Waals surface area contributed by atoms with Gasteiger partial charge in [-0.1, -0.05) is 19.3 Å². The molecule has 2 aliphatic rings. The standard InChI is InChI=1S/C23H31N3O3S2/c27-22(24-19-8-10-20(11-9-19)25-14-4-1-2-5-15-25)18-21-12-13-23(30-21)31(28,29)26-16-6-3-7-17-26/h8-13H,1-7,14-18H2,(H,24,27). The van der Waals surface area contributed by atoms with Gasteiger partial charge in [0.1, 0.15) is 4.21 Å². The van der Waals surface area contributed by atoms with Crippen molar-refractivity contribution in [2.75, 3.05) is 36.4 Å². The molecule has 1 aromatic heterocycles. The van der Waals surface area contributed by atoms with Crippen LogP contribution >= 0.6 is 11.3 Å². The van der Waals surface area contributed by atoms with Gasteiger partial charge in [-0.15, -0.1) is 11.3 Å². The highest BCUT2D eigenvalue weighted by Crippen LogP contribution is 2.28. The van der Waals surface area contributed by atoms with Crippen molar-refractivity contribution in [3.63, 3.8) is 0 Å². The monoisotopic (exact) mass is 461 g/mol. The zero-order valence-electron chi connectivity index (χ0n) is 17.9. The second kappa shape index (κ2) is 10.1. The molecule has 0 saturated carbocycles. The van der Waals surface area contributed by atoms with Crippen molar-refractivity contribution in [2.24, 2.45) is 0 Å². The molecule has 0 spiro atoms. The molecule has 0 atom stereocenters. The van der Waals surface area contributed by atoms with Crippen LogP contribution in [-0.4, -0.2) is 44.8 Å². The molecule has 2 fully saturated rings. The third-order valence-electron chi connectivity index (χ3n) is 6.00. The molecule has 0 radical (unpaired) electrons. The molecule has 2 aliphatic heterocycles. The quantitative estimate of drug-likeness (QED) is 0.688. The minimum absolute atomic E-state index is 0.133. The van der Waals surface area contributed by atoms with Crippen LogP contribution in [0.4, 0.5) is 11.4 Å². The summed E-state index contributed by atoms with van der Waals surface area (Å²) in [5.74, 6) is -0.133. The van der Waals surface area contributed by atoms with Gasteiger partial charge in [-0.25, -0.2) is 8.42 Å². The smallest absolute Gasteiger partial charge is 0.252 e. The first-order valence-electron chi connectivity index (χ1n) is 11.3. The van der Waals surface area contributed by atoms with E-state index in [0.29, 0.717) is 17.3 Å². The number of nitrogens with zero attached hydrogens (tertiary/aromatic N) is 2. The summed E-state index contributed by atoms with van der Waals surface area (Å²) in [5, 5.41) is 2.93. The van der Waals surface area contributed by atoms with Crippen LogP contribution in [-0.2, 0) is 21.2 Å². The summed E-state index contributed by atoms with van der Waals surface area (Å²) < 4.78 is 27.5. The number of carbonyl (C=O) groups is 1. The number of carbonyl (C=O) groups excluding carboxylic acids is 1. The number of sulfonamides is 1. The zero-order valence-corrected chi connectivity index (χ0v) is 19.5. The van der Waals surface area contributed by atoms with Gasteiger partial charge in [0.25, 0.3) is 10.0 Å². The van der Waals surface area contributed by atoms with Crippen molar-refractivity contribution in [3.05, 3.63) is 41.3 Å². The number of hydrogen-bond donors (Lipinski definition) is 1. The molecule has 1 aromatic carbocycles.